The maximum Gasteiger partial charge on any atom is 0.264 e. The number of hydrogen-bond donors (Lipinski definition) is 2. The van der Waals surface area contributed by atoms with Crippen LogP contribution in [0.25, 0.3) is 0 Å². The third kappa shape index (κ3) is 4.39. The predicted octanol–water partition coefficient (Wildman–Crippen LogP) is 3.82. The van der Waals surface area contributed by atoms with E-state index in [4.69, 9.17) is 23.1 Å². The molecule has 10 nitrogen and oxygen atoms in total. The number of aliphatic hydroxyl groups excluding tert-OH is 1. The zero-order valence-electron chi connectivity index (χ0n) is 26.3. The molecule has 2 spiro atoms. The van der Waals surface area contributed by atoms with E-state index in [9.17, 15) is 23.4 Å². The highest BCUT2D eigenvalue weighted by Gasteiger charge is 2.87. The average Bonchev–Trinajstić information content (AvgIpc) is 2.99. The number of ketones is 1. The highest BCUT2D eigenvalue weighted by atomic mass is 32.2. The number of aliphatic hydroxyl groups is 2. The van der Waals surface area contributed by atoms with Crippen LogP contribution in [0.15, 0.2) is 23.5 Å². The molecule has 3 aliphatic heterocycles. The Kier molecular flexibility index (Phi) is 7.41. The van der Waals surface area contributed by atoms with Crippen molar-refractivity contribution >= 4 is 15.9 Å². The molecular formula is C32H48O10S. The Hall–Kier alpha value is -1.34. The van der Waals surface area contributed by atoms with Gasteiger partial charge in [0.15, 0.2) is 17.9 Å². The van der Waals surface area contributed by atoms with Crippen LogP contribution in [0.1, 0.15) is 79.6 Å². The van der Waals surface area contributed by atoms with E-state index in [2.05, 4.69) is 27.4 Å². The van der Waals surface area contributed by atoms with Gasteiger partial charge >= 0.3 is 0 Å². The fourth-order valence-electron chi connectivity index (χ4n) is 10.4. The molecule has 0 aromatic heterocycles. The van der Waals surface area contributed by atoms with Crippen LogP contribution in [0.3, 0.4) is 0 Å². The van der Waals surface area contributed by atoms with E-state index in [0.717, 1.165) is 37.7 Å². The first-order valence-electron chi connectivity index (χ1n) is 15.8. The summed E-state index contributed by atoms with van der Waals surface area (Å²) in [6.07, 6.45) is 4.17. The number of rotatable bonds is 9. The summed E-state index contributed by atoms with van der Waals surface area (Å²) in [4.78, 5) is 14.5. The van der Waals surface area contributed by atoms with Crippen LogP contribution in [0, 0.1) is 39.9 Å². The number of ether oxygens (including phenoxy) is 4. The van der Waals surface area contributed by atoms with Crippen molar-refractivity contribution in [3.8, 4) is 0 Å². The highest BCUT2D eigenvalue weighted by molar-refractivity contribution is 7.85. The fraction of sp³-hybridized carbons (Fsp3) is 0.844. The van der Waals surface area contributed by atoms with Gasteiger partial charge in [0.2, 0.25) is 5.79 Å². The Labute approximate surface area is 255 Å². The summed E-state index contributed by atoms with van der Waals surface area (Å²) in [6.45, 7) is 14.4. The molecule has 7 aliphatic rings. The van der Waals surface area contributed by atoms with E-state index < -0.39 is 44.9 Å². The molecule has 3 saturated carbocycles. The van der Waals surface area contributed by atoms with Crippen LogP contribution >= 0.6 is 0 Å². The van der Waals surface area contributed by atoms with Gasteiger partial charge in [0.25, 0.3) is 10.1 Å². The lowest BCUT2D eigenvalue weighted by molar-refractivity contribution is -0.482. The summed E-state index contributed by atoms with van der Waals surface area (Å²) in [7, 11) is -3.47. The largest absolute Gasteiger partial charge is 0.469 e. The quantitative estimate of drug-likeness (QED) is 0.169. The molecule has 4 aliphatic carbocycles. The number of fused-ring (bicyclic) bond motifs is 2. The number of carbonyl (C=O) groups excluding carboxylic acids is 1. The summed E-state index contributed by atoms with van der Waals surface area (Å²) >= 11 is 0. The van der Waals surface area contributed by atoms with Crippen LogP contribution < -0.4 is 0 Å². The van der Waals surface area contributed by atoms with E-state index >= 15 is 0 Å². The van der Waals surface area contributed by atoms with Gasteiger partial charge < -0.3 is 29.2 Å². The Morgan fingerprint density at radius 3 is 2.51 bits per heavy atom. The van der Waals surface area contributed by atoms with Gasteiger partial charge in [-0.1, -0.05) is 27.4 Å². The van der Waals surface area contributed by atoms with Crippen molar-refractivity contribution < 1.29 is 46.6 Å². The molecule has 11 heteroatoms. The Morgan fingerprint density at radius 2 is 1.84 bits per heavy atom. The van der Waals surface area contributed by atoms with E-state index in [0.29, 0.717) is 31.4 Å². The first-order chi connectivity index (χ1) is 19.9. The molecule has 0 unspecified atom stereocenters. The van der Waals surface area contributed by atoms with Crippen LogP contribution in [-0.2, 0) is 38.0 Å². The molecule has 3 heterocycles. The normalized spacial score (nSPS) is 43.3. The molecule has 2 N–H and O–H groups in total. The van der Waals surface area contributed by atoms with Crippen molar-refractivity contribution in [1.29, 1.82) is 0 Å². The van der Waals surface area contributed by atoms with Crippen molar-refractivity contribution in [3.05, 3.63) is 23.5 Å². The Balaban J connectivity index is 1.38. The minimum atomic E-state index is -3.47. The minimum Gasteiger partial charge on any atom is -0.469 e. The minimum absolute atomic E-state index is 0.0453. The second-order valence-electron chi connectivity index (χ2n) is 15.0. The first kappa shape index (κ1) is 31.6. The maximum absolute atomic E-state index is 14.5. The number of carbonyl (C=O) groups is 1. The van der Waals surface area contributed by atoms with Gasteiger partial charge in [-0.15, -0.1) is 0 Å². The van der Waals surface area contributed by atoms with Crippen LogP contribution in [0.4, 0.5) is 0 Å². The molecule has 7 rings (SSSR count). The maximum atomic E-state index is 14.5. The van der Waals surface area contributed by atoms with Gasteiger partial charge in [0.1, 0.15) is 11.9 Å². The third-order valence-corrected chi connectivity index (χ3v) is 12.1. The number of Topliss-reactive ketones (excluding diaryl/α,β-unsaturated/α-hetero) is 1. The molecule has 0 aromatic carbocycles. The highest BCUT2D eigenvalue weighted by Crippen LogP contribution is 2.80. The second kappa shape index (κ2) is 10.1. The summed E-state index contributed by atoms with van der Waals surface area (Å²) in [5.41, 5.74) is -0.645. The smallest absolute Gasteiger partial charge is 0.264 e. The molecule has 9 atom stereocenters. The van der Waals surface area contributed by atoms with Crippen LogP contribution in [0.2, 0.25) is 0 Å². The second-order valence-corrected chi connectivity index (χ2v) is 16.6. The molecule has 0 amide bonds. The van der Waals surface area contributed by atoms with Gasteiger partial charge in [-0.05, 0) is 86.7 Å². The van der Waals surface area contributed by atoms with Crippen LogP contribution in [0.5, 0.6) is 0 Å². The van der Waals surface area contributed by atoms with E-state index in [1.165, 1.54) is 19.4 Å². The molecule has 2 saturated heterocycles. The van der Waals surface area contributed by atoms with Gasteiger partial charge in [0.05, 0.1) is 36.9 Å². The molecular weight excluding hydrogens is 576 g/mol. The molecule has 5 fully saturated rings. The average molecular weight is 625 g/mol. The molecule has 242 valence electrons. The zero-order valence-corrected chi connectivity index (χ0v) is 27.1. The van der Waals surface area contributed by atoms with Crippen molar-refractivity contribution in [2.75, 3.05) is 26.1 Å². The summed E-state index contributed by atoms with van der Waals surface area (Å²) in [5.74, 6) is -3.59. The van der Waals surface area contributed by atoms with E-state index in [-0.39, 0.29) is 48.1 Å². The van der Waals surface area contributed by atoms with Gasteiger partial charge in [-0.25, -0.2) is 0 Å². The lowest BCUT2D eigenvalue weighted by Crippen LogP contribution is -2.84. The van der Waals surface area contributed by atoms with Crippen molar-refractivity contribution in [2.45, 2.75) is 104 Å². The SMILES string of the molecule is C=C1C(=O)[C@]23[C@H](C)[C@H]1CC[C@H]2[C@@]12CO[C@]3(OC(C)(C)O)[C@@H](O)[C@@H]1C(C)(C)CC1=C2O[C@@H](OCCCCOS(C)(=O)=O)CC1. The first-order valence-corrected chi connectivity index (χ1v) is 17.6. The number of hydrogen-bond acceptors (Lipinski definition) is 10. The third-order valence-electron chi connectivity index (χ3n) is 11.5. The summed E-state index contributed by atoms with van der Waals surface area (Å²) in [5, 5.41) is 23.6. The number of allylic oxidation sites excluding steroid dienone is 2. The van der Waals surface area contributed by atoms with E-state index in [1.807, 2.05) is 0 Å². The summed E-state index contributed by atoms with van der Waals surface area (Å²) in [6, 6.07) is 0. The zero-order chi connectivity index (χ0) is 31.4. The monoisotopic (exact) mass is 624 g/mol. The lowest BCUT2D eigenvalue weighted by atomic mass is 9.35. The van der Waals surface area contributed by atoms with Crippen molar-refractivity contribution in [2.24, 2.45) is 39.9 Å². The lowest BCUT2D eigenvalue weighted by Gasteiger charge is -2.75. The van der Waals surface area contributed by atoms with Crippen molar-refractivity contribution in [1.82, 2.24) is 0 Å². The molecule has 0 aromatic rings. The van der Waals surface area contributed by atoms with Gasteiger partial charge in [-0.2, -0.15) is 8.42 Å². The van der Waals surface area contributed by atoms with Crippen LogP contribution in [-0.4, -0.2) is 74.5 Å². The van der Waals surface area contributed by atoms with Crippen molar-refractivity contribution in [3.63, 3.8) is 0 Å². The van der Waals surface area contributed by atoms with Gasteiger partial charge in [0, 0.05) is 12.3 Å². The fourth-order valence-corrected chi connectivity index (χ4v) is 10.8. The molecule has 43 heavy (non-hydrogen) atoms. The van der Waals surface area contributed by atoms with Gasteiger partial charge in [-0.3, -0.25) is 8.98 Å². The molecule has 0 radical (unpaired) electrons. The Bertz CT molecular complexity index is 1330. The standard InChI is InChI=1S/C32H48O10S/c1-18-21-11-12-22-30-17-39-32(42-29(5,6)35,31(22,19(21)2)25(18)33)26(34)24(30)28(3,4)16-20-10-13-23(41-27(20)30)38-14-8-9-15-40-43(7,36)37/h19,21-24,26,34-35H,1,8-17H2,2-7H3/t19-,21+,22+,23-,24-,26+,30+,31+,32+/m1/s1. The van der Waals surface area contributed by atoms with E-state index in [1.54, 1.807) is 0 Å². The summed E-state index contributed by atoms with van der Waals surface area (Å²) < 4.78 is 53.4. The topological polar surface area (TPSA) is 138 Å². The number of unbranched alkanes of at least 4 members (excludes halogenated alkanes) is 1. The Morgan fingerprint density at radius 1 is 1.14 bits per heavy atom. The molecule has 4 bridgehead atoms. The predicted molar refractivity (Wildman–Crippen MR) is 155 cm³/mol.